The second-order valence-electron chi connectivity index (χ2n) is 5.73. The van der Waals surface area contributed by atoms with E-state index in [1.54, 1.807) is 19.6 Å². The maximum Gasteiger partial charge on any atom is 0.226 e. The lowest BCUT2D eigenvalue weighted by Crippen LogP contribution is -2.40. The van der Waals surface area contributed by atoms with E-state index in [0.29, 0.717) is 32.8 Å². The van der Waals surface area contributed by atoms with Crippen molar-refractivity contribution < 1.29 is 13.9 Å². The quantitative estimate of drug-likeness (QED) is 0.800. The van der Waals surface area contributed by atoms with Gasteiger partial charge in [-0.05, 0) is 18.2 Å². The van der Waals surface area contributed by atoms with E-state index in [9.17, 15) is 4.79 Å². The van der Waals surface area contributed by atoms with Crippen molar-refractivity contribution in [3.63, 3.8) is 0 Å². The minimum absolute atomic E-state index is 0.0369. The van der Waals surface area contributed by atoms with Crippen molar-refractivity contribution in [3.05, 3.63) is 42.1 Å². The first kappa shape index (κ1) is 15.8. The summed E-state index contributed by atoms with van der Waals surface area (Å²) < 4.78 is 12.3. The lowest BCUT2D eigenvalue weighted by Gasteiger charge is -2.22. The molecule has 0 aliphatic carbocycles. The molecule has 0 fully saturated rings. The van der Waals surface area contributed by atoms with E-state index in [1.165, 1.54) is 0 Å². The summed E-state index contributed by atoms with van der Waals surface area (Å²) in [7, 11) is 1.62. The molecule has 2 aromatic heterocycles. The first-order valence-electron chi connectivity index (χ1n) is 7.78. The Balaban J connectivity index is 1.70. The van der Waals surface area contributed by atoms with Gasteiger partial charge in [-0.1, -0.05) is 0 Å². The fourth-order valence-electron chi connectivity index (χ4n) is 2.86. The first-order chi connectivity index (χ1) is 11.3. The number of methoxy groups -OCH3 is 1. The molecule has 0 saturated carbocycles. The summed E-state index contributed by atoms with van der Waals surface area (Å²) in [5.41, 5.74) is 1.11. The van der Waals surface area contributed by atoms with Crippen LogP contribution in [0.15, 0.2) is 35.1 Å². The average molecular weight is 318 g/mol. The number of rotatable bonds is 6. The third-order valence-electron chi connectivity index (χ3n) is 4.00. The van der Waals surface area contributed by atoms with Gasteiger partial charge >= 0.3 is 0 Å². The smallest absolute Gasteiger partial charge is 0.226 e. The molecule has 1 aliphatic rings. The molecule has 1 unspecified atom stereocenters. The molecule has 0 radical (unpaired) electrons. The molecule has 0 spiro atoms. The molecule has 3 heterocycles. The molecule has 0 saturated heterocycles. The molecule has 7 heteroatoms. The fourth-order valence-corrected chi connectivity index (χ4v) is 2.86. The molecule has 1 aliphatic heterocycles. The number of furan rings is 1. The molecule has 3 rings (SSSR count). The van der Waals surface area contributed by atoms with Crippen molar-refractivity contribution in [3.8, 4) is 0 Å². The molecular weight excluding hydrogens is 296 g/mol. The maximum atomic E-state index is 12.4. The summed E-state index contributed by atoms with van der Waals surface area (Å²) in [6.45, 7) is 3.73. The van der Waals surface area contributed by atoms with Crippen LogP contribution in [-0.2, 0) is 29.2 Å². The van der Waals surface area contributed by atoms with Crippen LogP contribution in [0.4, 0.5) is 0 Å². The van der Waals surface area contributed by atoms with Gasteiger partial charge in [-0.25, -0.2) is 0 Å². The van der Waals surface area contributed by atoms with Gasteiger partial charge < -0.3 is 14.5 Å². The Morgan fingerprint density at radius 2 is 2.39 bits per heavy atom. The van der Waals surface area contributed by atoms with E-state index in [0.717, 1.165) is 18.0 Å². The summed E-state index contributed by atoms with van der Waals surface area (Å²) in [5, 5.41) is 7.27. The van der Waals surface area contributed by atoms with Crippen molar-refractivity contribution in [1.82, 2.24) is 20.0 Å². The van der Waals surface area contributed by atoms with Crippen molar-refractivity contribution in [2.45, 2.75) is 19.6 Å². The number of hydrogen-bond donors (Lipinski definition) is 1. The fraction of sp³-hybridized carbons (Fsp3) is 0.500. The Kier molecular flexibility index (Phi) is 5.09. The van der Waals surface area contributed by atoms with Crippen LogP contribution in [0.3, 0.4) is 0 Å². The van der Waals surface area contributed by atoms with Gasteiger partial charge in [0.05, 0.1) is 37.6 Å². The van der Waals surface area contributed by atoms with Crippen LogP contribution in [0.5, 0.6) is 0 Å². The molecular formula is C16H22N4O3. The highest BCUT2D eigenvalue weighted by molar-refractivity contribution is 5.78. The van der Waals surface area contributed by atoms with E-state index in [-0.39, 0.29) is 11.8 Å². The summed E-state index contributed by atoms with van der Waals surface area (Å²) in [6, 6.07) is 5.84. The van der Waals surface area contributed by atoms with Gasteiger partial charge in [-0.15, -0.1) is 0 Å². The van der Waals surface area contributed by atoms with E-state index in [4.69, 9.17) is 9.15 Å². The average Bonchev–Trinajstić information content (AvgIpc) is 3.16. The largest absolute Gasteiger partial charge is 0.468 e. The third-order valence-corrected chi connectivity index (χ3v) is 4.00. The maximum absolute atomic E-state index is 12.4. The monoisotopic (exact) mass is 318 g/mol. The van der Waals surface area contributed by atoms with Gasteiger partial charge in [0, 0.05) is 32.9 Å². The highest BCUT2D eigenvalue weighted by Gasteiger charge is 2.27. The van der Waals surface area contributed by atoms with Gasteiger partial charge in [-0.2, -0.15) is 5.10 Å². The second kappa shape index (κ2) is 7.43. The topological polar surface area (TPSA) is 72.5 Å². The lowest BCUT2D eigenvalue weighted by molar-refractivity contribution is -0.126. The van der Waals surface area contributed by atoms with Crippen molar-refractivity contribution in [1.29, 1.82) is 0 Å². The molecule has 1 atom stereocenters. The van der Waals surface area contributed by atoms with E-state index in [2.05, 4.69) is 15.3 Å². The number of nitrogens with zero attached hydrogens (tertiary/aromatic N) is 3. The van der Waals surface area contributed by atoms with E-state index in [1.807, 2.05) is 22.9 Å². The first-order valence-corrected chi connectivity index (χ1v) is 7.78. The van der Waals surface area contributed by atoms with Crippen LogP contribution in [0.1, 0.15) is 11.5 Å². The molecule has 2 aromatic rings. The zero-order chi connectivity index (χ0) is 16.1. The standard InChI is InChI=1S/C16H22N4O3/c1-22-8-6-17-16(21)13-9-19(12-15-3-2-7-23-15)11-14-4-5-18-20(14)10-13/h2-5,7,13H,6,8-12H2,1H3,(H,17,21). The number of nitrogens with one attached hydrogen (secondary N) is 1. The minimum atomic E-state index is -0.150. The molecule has 7 nitrogen and oxygen atoms in total. The van der Waals surface area contributed by atoms with Gasteiger partial charge in [-0.3, -0.25) is 14.4 Å². The van der Waals surface area contributed by atoms with Crippen LogP contribution in [0.25, 0.3) is 0 Å². The van der Waals surface area contributed by atoms with Crippen LogP contribution < -0.4 is 5.32 Å². The van der Waals surface area contributed by atoms with Crippen molar-refractivity contribution in [2.24, 2.45) is 5.92 Å². The zero-order valence-corrected chi connectivity index (χ0v) is 13.3. The predicted octanol–water partition coefficient (Wildman–Crippen LogP) is 0.871. The molecule has 23 heavy (non-hydrogen) atoms. The Labute approximate surface area is 135 Å². The van der Waals surface area contributed by atoms with Crippen LogP contribution >= 0.6 is 0 Å². The summed E-state index contributed by atoms with van der Waals surface area (Å²) in [5.74, 6) is 0.786. The highest BCUT2D eigenvalue weighted by atomic mass is 16.5. The van der Waals surface area contributed by atoms with Gasteiger partial charge in [0.25, 0.3) is 0 Å². The second-order valence-corrected chi connectivity index (χ2v) is 5.73. The SMILES string of the molecule is COCCNC(=O)C1CN(Cc2ccco2)Cc2ccnn2C1. The van der Waals surface area contributed by atoms with Gasteiger partial charge in [0.2, 0.25) is 5.91 Å². The number of carbonyl (C=O) groups excluding carboxylic acids is 1. The third kappa shape index (κ3) is 4.00. The Hall–Kier alpha value is -2.12. The minimum Gasteiger partial charge on any atom is -0.468 e. The van der Waals surface area contributed by atoms with E-state index >= 15 is 0 Å². The number of ether oxygens (including phenoxy) is 1. The van der Waals surface area contributed by atoms with Crippen LogP contribution in [-0.4, -0.2) is 47.4 Å². The Morgan fingerprint density at radius 3 is 3.17 bits per heavy atom. The normalized spacial score (nSPS) is 18.4. The Bertz CT molecular complexity index is 623. The molecule has 1 N–H and O–H groups in total. The zero-order valence-electron chi connectivity index (χ0n) is 13.3. The number of hydrogen-bond acceptors (Lipinski definition) is 5. The Morgan fingerprint density at radius 1 is 1.48 bits per heavy atom. The van der Waals surface area contributed by atoms with E-state index < -0.39 is 0 Å². The molecule has 0 aromatic carbocycles. The summed E-state index contributed by atoms with van der Waals surface area (Å²) in [4.78, 5) is 14.7. The molecule has 1 amide bonds. The van der Waals surface area contributed by atoms with Crippen molar-refractivity contribution in [2.75, 3.05) is 26.8 Å². The van der Waals surface area contributed by atoms with Crippen molar-refractivity contribution >= 4 is 5.91 Å². The van der Waals surface area contributed by atoms with Gasteiger partial charge in [0.1, 0.15) is 5.76 Å². The number of fused-ring (bicyclic) bond motifs is 1. The molecule has 0 bridgehead atoms. The number of aromatic nitrogens is 2. The predicted molar refractivity (Wildman–Crippen MR) is 83.4 cm³/mol. The number of carbonyl (C=O) groups is 1. The highest BCUT2D eigenvalue weighted by Crippen LogP contribution is 2.18. The lowest BCUT2D eigenvalue weighted by atomic mass is 10.1. The van der Waals surface area contributed by atoms with Crippen LogP contribution in [0.2, 0.25) is 0 Å². The molecule has 124 valence electrons. The van der Waals surface area contributed by atoms with Crippen LogP contribution in [0, 0.1) is 5.92 Å². The summed E-state index contributed by atoms with van der Waals surface area (Å²) in [6.07, 6.45) is 3.46. The summed E-state index contributed by atoms with van der Waals surface area (Å²) >= 11 is 0. The van der Waals surface area contributed by atoms with Gasteiger partial charge in [0.15, 0.2) is 0 Å². The number of amides is 1.